The van der Waals surface area contributed by atoms with Gasteiger partial charge in [0.15, 0.2) is 0 Å². The molecule has 0 atom stereocenters. The molecule has 0 aliphatic heterocycles. The van der Waals surface area contributed by atoms with E-state index in [2.05, 4.69) is 0 Å². The highest BCUT2D eigenvalue weighted by Crippen LogP contribution is 2.25. The van der Waals surface area contributed by atoms with E-state index in [0.29, 0.717) is 18.9 Å². The van der Waals surface area contributed by atoms with Crippen molar-refractivity contribution in [3.8, 4) is 11.5 Å². The van der Waals surface area contributed by atoms with Gasteiger partial charge < -0.3 is 20.9 Å². The van der Waals surface area contributed by atoms with Crippen molar-refractivity contribution in [2.24, 2.45) is 0 Å². The molecule has 0 aliphatic carbocycles. The van der Waals surface area contributed by atoms with Crippen molar-refractivity contribution in [3.05, 3.63) is 47.5 Å². The fraction of sp³-hybridized carbons (Fsp3) is 0.333. The summed E-state index contributed by atoms with van der Waals surface area (Å²) in [5, 5.41) is 0. The number of anilines is 2. The second-order valence-electron chi connectivity index (χ2n) is 5.36. The molecule has 0 aromatic heterocycles. The summed E-state index contributed by atoms with van der Waals surface area (Å²) in [5.74, 6) is 1.61. The Balaban J connectivity index is 1.70. The van der Waals surface area contributed by atoms with Crippen LogP contribution >= 0.6 is 0 Å². The topological polar surface area (TPSA) is 70.5 Å². The number of hydrogen-bond acceptors (Lipinski definition) is 4. The van der Waals surface area contributed by atoms with E-state index >= 15 is 0 Å². The number of hydrogen-bond donors (Lipinski definition) is 2. The number of para-hydroxylation sites is 1. The lowest BCUT2D eigenvalue weighted by Crippen LogP contribution is -2.05. The summed E-state index contributed by atoms with van der Waals surface area (Å²) < 4.78 is 11.5. The van der Waals surface area contributed by atoms with Crippen LogP contribution in [0.3, 0.4) is 0 Å². The van der Waals surface area contributed by atoms with Crippen LogP contribution in [-0.4, -0.2) is 13.2 Å². The predicted octanol–water partition coefficient (Wildman–Crippen LogP) is 3.71. The quantitative estimate of drug-likeness (QED) is 0.604. The van der Waals surface area contributed by atoms with Gasteiger partial charge in [0.25, 0.3) is 0 Å². The fourth-order valence-corrected chi connectivity index (χ4v) is 2.14. The second-order valence-corrected chi connectivity index (χ2v) is 5.36. The first-order chi connectivity index (χ1) is 10.6. The van der Waals surface area contributed by atoms with E-state index in [1.165, 1.54) is 0 Å². The van der Waals surface area contributed by atoms with Crippen LogP contribution < -0.4 is 20.9 Å². The third-order valence-corrected chi connectivity index (χ3v) is 3.66. The molecule has 0 spiro atoms. The highest BCUT2D eigenvalue weighted by Gasteiger charge is 2.03. The van der Waals surface area contributed by atoms with Crippen LogP contribution in [0.1, 0.15) is 24.0 Å². The van der Waals surface area contributed by atoms with Crippen LogP contribution in [0, 0.1) is 13.8 Å². The molecule has 118 valence electrons. The van der Waals surface area contributed by atoms with Crippen molar-refractivity contribution in [1.29, 1.82) is 0 Å². The van der Waals surface area contributed by atoms with E-state index in [0.717, 1.165) is 41.2 Å². The molecule has 0 fully saturated rings. The van der Waals surface area contributed by atoms with Crippen molar-refractivity contribution >= 4 is 11.4 Å². The highest BCUT2D eigenvalue weighted by molar-refractivity contribution is 5.57. The van der Waals surface area contributed by atoms with E-state index in [9.17, 15) is 0 Å². The van der Waals surface area contributed by atoms with E-state index in [4.69, 9.17) is 20.9 Å². The maximum atomic E-state index is 5.97. The number of unbranched alkanes of at least 4 members (excludes halogenated alkanes) is 1. The summed E-state index contributed by atoms with van der Waals surface area (Å²) >= 11 is 0. The molecule has 0 unspecified atom stereocenters. The predicted molar refractivity (Wildman–Crippen MR) is 91.4 cm³/mol. The molecule has 0 amide bonds. The van der Waals surface area contributed by atoms with Gasteiger partial charge in [-0.3, -0.25) is 0 Å². The van der Waals surface area contributed by atoms with Gasteiger partial charge in [0.1, 0.15) is 11.5 Å². The number of benzene rings is 2. The van der Waals surface area contributed by atoms with Gasteiger partial charge in [0.05, 0.1) is 18.9 Å². The normalized spacial score (nSPS) is 10.5. The number of nitrogen functional groups attached to an aromatic ring is 2. The standard InChI is InChI=1S/C18H24N2O2/c1-13-7-5-10-17(18(13)20)22-12-4-3-11-21-16-9-6-8-15(19)14(16)2/h5-10H,3-4,11-12,19-20H2,1-2H3. The molecular formula is C18H24N2O2. The van der Waals surface area contributed by atoms with Crippen LogP contribution in [-0.2, 0) is 0 Å². The molecule has 4 nitrogen and oxygen atoms in total. The molecule has 0 bridgehead atoms. The van der Waals surface area contributed by atoms with Gasteiger partial charge in [-0.2, -0.15) is 0 Å². The number of ether oxygens (including phenoxy) is 2. The maximum Gasteiger partial charge on any atom is 0.142 e. The molecular weight excluding hydrogens is 276 g/mol. The summed E-state index contributed by atoms with van der Waals surface area (Å²) in [6.07, 6.45) is 1.83. The molecule has 0 saturated heterocycles. The minimum atomic E-state index is 0.632. The molecule has 0 aliphatic rings. The Bertz CT molecular complexity index is 571. The summed E-state index contributed by atoms with van der Waals surface area (Å²) in [7, 11) is 0. The Morgan fingerprint density at radius 1 is 0.818 bits per heavy atom. The largest absolute Gasteiger partial charge is 0.493 e. The zero-order valence-corrected chi connectivity index (χ0v) is 13.3. The van der Waals surface area contributed by atoms with E-state index in [1.54, 1.807) is 0 Å². The number of rotatable bonds is 7. The molecule has 2 rings (SSSR count). The smallest absolute Gasteiger partial charge is 0.142 e. The zero-order chi connectivity index (χ0) is 15.9. The summed E-state index contributed by atoms with van der Waals surface area (Å²) in [6.45, 7) is 5.22. The Hall–Kier alpha value is -2.36. The van der Waals surface area contributed by atoms with Crippen LogP contribution in [0.2, 0.25) is 0 Å². The molecule has 2 aromatic rings. The van der Waals surface area contributed by atoms with Crippen LogP contribution in [0.15, 0.2) is 36.4 Å². The van der Waals surface area contributed by atoms with E-state index in [1.807, 2.05) is 50.2 Å². The Morgan fingerprint density at radius 3 is 2.14 bits per heavy atom. The van der Waals surface area contributed by atoms with Crippen molar-refractivity contribution in [2.45, 2.75) is 26.7 Å². The van der Waals surface area contributed by atoms with E-state index < -0.39 is 0 Å². The Morgan fingerprint density at radius 2 is 1.41 bits per heavy atom. The molecule has 0 heterocycles. The van der Waals surface area contributed by atoms with Gasteiger partial charge in [-0.05, 0) is 50.5 Å². The fourth-order valence-electron chi connectivity index (χ4n) is 2.14. The third-order valence-electron chi connectivity index (χ3n) is 3.66. The van der Waals surface area contributed by atoms with Crippen molar-refractivity contribution < 1.29 is 9.47 Å². The maximum absolute atomic E-state index is 5.97. The molecule has 0 saturated carbocycles. The lowest BCUT2D eigenvalue weighted by atomic mass is 10.2. The first kappa shape index (κ1) is 16.0. The monoisotopic (exact) mass is 300 g/mol. The molecule has 2 aromatic carbocycles. The first-order valence-corrected chi connectivity index (χ1v) is 7.55. The SMILES string of the molecule is Cc1cccc(OCCCCOc2cccc(N)c2C)c1N. The van der Waals surface area contributed by atoms with Gasteiger partial charge in [-0.15, -0.1) is 0 Å². The molecule has 4 N–H and O–H groups in total. The van der Waals surface area contributed by atoms with Crippen LogP contribution in [0.25, 0.3) is 0 Å². The van der Waals surface area contributed by atoms with Crippen molar-refractivity contribution in [2.75, 3.05) is 24.7 Å². The third kappa shape index (κ3) is 4.07. The average molecular weight is 300 g/mol. The second kappa shape index (κ2) is 7.59. The van der Waals surface area contributed by atoms with Gasteiger partial charge in [0, 0.05) is 11.3 Å². The minimum absolute atomic E-state index is 0.632. The number of aryl methyl sites for hydroxylation is 1. The van der Waals surface area contributed by atoms with Crippen LogP contribution in [0.5, 0.6) is 11.5 Å². The van der Waals surface area contributed by atoms with Crippen molar-refractivity contribution in [3.63, 3.8) is 0 Å². The van der Waals surface area contributed by atoms with Gasteiger partial charge >= 0.3 is 0 Å². The van der Waals surface area contributed by atoms with Gasteiger partial charge in [-0.25, -0.2) is 0 Å². The molecule has 0 radical (unpaired) electrons. The van der Waals surface area contributed by atoms with Gasteiger partial charge in [0.2, 0.25) is 0 Å². The van der Waals surface area contributed by atoms with Crippen molar-refractivity contribution in [1.82, 2.24) is 0 Å². The summed E-state index contributed by atoms with van der Waals surface area (Å²) in [5.41, 5.74) is 15.3. The Kier molecular flexibility index (Phi) is 5.53. The zero-order valence-electron chi connectivity index (χ0n) is 13.3. The average Bonchev–Trinajstić information content (AvgIpc) is 2.51. The molecule has 22 heavy (non-hydrogen) atoms. The minimum Gasteiger partial charge on any atom is -0.493 e. The number of nitrogens with two attached hydrogens (primary N) is 2. The highest BCUT2D eigenvalue weighted by atomic mass is 16.5. The molecule has 4 heteroatoms. The summed E-state index contributed by atoms with van der Waals surface area (Å²) in [6, 6.07) is 11.5. The summed E-state index contributed by atoms with van der Waals surface area (Å²) in [4.78, 5) is 0. The lowest BCUT2D eigenvalue weighted by Gasteiger charge is -2.12. The lowest BCUT2D eigenvalue weighted by molar-refractivity contribution is 0.266. The van der Waals surface area contributed by atoms with Crippen LogP contribution in [0.4, 0.5) is 11.4 Å². The van der Waals surface area contributed by atoms with Gasteiger partial charge in [-0.1, -0.05) is 18.2 Å². The first-order valence-electron chi connectivity index (χ1n) is 7.55. The Labute approximate surface area is 132 Å². The van der Waals surface area contributed by atoms with E-state index in [-0.39, 0.29) is 0 Å².